The Bertz CT molecular complexity index is 1660. The van der Waals surface area contributed by atoms with Gasteiger partial charge >= 0.3 is 0 Å². The van der Waals surface area contributed by atoms with Gasteiger partial charge in [-0.15, -0.1) is 0 Å². The second-order valence-corrected chi connectivity index (χ2v) is 12.6. The van der Waals surface area contributed by atoms with Gasteiger partial charge in [-0.25, -0.2) is 0 Å². The summed E-state index contributed by atoms with van der Waals surface area (Å²) in [6.07, 6.45) is 9.81. The molecule has 0 aliphatic carbocycles. The number of anilines is 1. The largest absolute Gasteiger partial charge is 1.00 e. The molecule has 2 aliphatic rings. The topological polar surface area (TPSA) is 61.4 Å². The molecule has 0 spiro atoms. The minimum Gasteiger partial charge on any atom is -1.00 e. The summed E-state index contributed by atoms with van der Waals surface area (Å²) < 4.78 is 2.42. The van der Waals surface area contributed by atoms with E-state index >= 15 is 0 Å². The van der Waals surface area contributed by atoms with Gasteiger partial charge in [0.2, 0.25) is 5.69 Å². The molecule has 236 valence electrons. The minimum absolute atomic E-state index is 0. The van der Waals surface area contributed by atoms with E-state index in [1.54, 1.807) is 0 Å². The summed E-state index contributed by atoms with van der Waals surface area (Å²) in [4.78, 5) is 15.1. The van der Waals surface area contributed by atoms with Crippen molar-refractivity contribution in [2.45, 2.75) is 58.8 Å². The fourth-order valence-corrected chi connectivity index (χ4v) is 6.77. The molecule has 3 N–H and O–H groups in total. The number of nitrogens with zero attached hydrogens (tertiary/aromatic N) is 2. The molecule has 0 bridgehead atoms. The van der Waals surface area contributed by atoms with E-state index in [-0.39, 0.29) is 40.7 Å². The normalized spacial score (nSPS) is 17.4. The SMILES string of the molecule is CCN1/C(=C/C=C(/C=C/C2=[N+](CC)c3ccccc3C2(C)C)c2ccc(C(=O)NCCCN)cc2)C(C)(C)c2ccccc21.[I-]. The third-order valence-corrected chi connectivity index (χ3v) is 9.22. The average Bonchev–Trinajstić information content (AvgIpc) is 3.39. The van der Waals surface area contributed by atoms with Crippen LogP contribution in [-0.4, -0.2) is 42.4 Å². The van der Waals surface area contributed by atoms with Gasteiger partial charge in [-0.3, -0.25) is 4.79 Å². The fourth-order valence-electron chi connectivity index (χ4n) is 6.77. The predicted molar refractivity (Wildman–Crippen MR) is 185 cm³/mol. The Hall–Kier alpha value is -3.49. The number of nitrogens with one attached hydrogen (secondary N) is 1. The average molecular weight is 715 g/mol. The van der Waals surface area contributed by atoms with Gasteiger partial charge < -0.3 is 39.9 Å². The second kappa shape index (κ2) is 14.3. The Morgan fingerprint density at radius 1 is 0.889 bits per heavy atom. The third-order valence-electron chi connectivity index (χ3n) is 9.22. The number of para-hydroxylation sites is 2. The molecule has 6 heteroatoms. The van der Waals surface area contributed by atoms with Crippen LogP contribution in [0.1, 0.15) is 75.0 Å². The summed E-state index contributed by atoms with van der Waals surface area (Å²) >= 11 is 0. The van der Waals surface area contributed by atoms with E-state index in [1.165, 1.54) is 33.9 Å². The van der Waals surface area contributed by atoms with Crippen molar-refractivity contribution in [1.29, 1.82) is 0 Å². The summed E-state index contributed by atoms with van der Waals surface area (Å²) in [5, 5.41) is 2.96. The molecule has 0 fully saturated rings. The van der Waals surface area contributed by atoms with E-state index in [0.717, 1.165) is 30.6 Å². The van der Waals surface area contributed by atoms with Crippen LogP contribution in [0.15, 0.2) is 103 Å². The summed E-state index contributed by atoms with van der Waals surface area (Å²) in [5.41, 5.74) is 16.0. The number of hydrogen-bond donors (Lipinski definition) is 2. The van der Waals surface area contributed by atoms with Crippen LogP contribution in [0.2, 0.25) is 0 Å². The number of benzene rings is 3. The molecule has 2 aliphatic heterocycles. The lowest BCUT2D eigenvalue weighted by Crippen LogP contribution is -3.00. The zero-order valence-corrected chi connectivity index (χ0v) is 29.7. The standard InChI is InChI=1S/C39H46N4O.HI/c1-7-42-33-16-11-9-14-31(33)38(3,4)35(42)24-22-29(28-18-20-30(21-19-28)37(44)41-27-13-26-40)23-25-36-39(5,6)32-15-10-12-17-34(32)43(36)8-2;/h9-12,14-25H,7-8,13,26-27,40H2,1-6H3;1H. The lowest BCUT2D eigenvalue weighted by Gasteiger charge is -2.26. The number of fused-ring (bicyclic) bond motifs is 2. The van der Waals surface area contributed by atoms with Crippen LogP contribution in [0.3, 0.4) is 0 Å². The number of likely N-dealkylation sites (N-methyl/N-ethyl adjacent to an activating group) is 1. The quantitative estimate of drug-likeness (QED) is 0.141. The van der Waals surface area contributed by atoms with E-state index in [9.17, 15) is 4.79 Å². The van der Waals surface area contributed by atoms with Gasteiger partial charge in [-0.2, -0.15) is 4.58 Å². The molecule has 1 amide bonds. The Morgan fingerprint density at radius 3 is 2.20 bits per heavy atom. The number of nitrogens with two attached hydrogens (primary N) is 1. The van der Waals surface area contributed by atoms with Crippen LogP contribution in [0.25, 0.3) is 5.57 Å². The molecule has 0 radical (unpaired) electrons. The van der Waals surface area contributed by atoms with Crippen molar-refractivity contribution in [1.82, 2.24) is 5.32 Å². The number of allylic oxidation sites excluding steroid dienone is 6. The summed E-state index contributed by atoms with van der Waals surface area (Å²) in [6.45, 7) is 16.6. The van der Waals surface area contributed by atoms with Gasteiger partial charge in [0.1, 0.15) is 6.54 Å². The van der Waals surface area contributed by atoms with Gasteiger partial charge in [0.05, 0.1) is 5.41 Å². The highest BCUT2D eigenvalue weighted by Crippen LogP contribution is 2.47. The van der Waals surface area contributed by atoms with Crippen LogP contribution >= 0.6 is 0 Å². The van der Waals surface area contributed by atoms with E-state index in [4.69, 9.17) is 5.73 Å². The van der Waals surface area contributed by atoms with E-state index in [1.807, 2.05) is 12.1 Å². The van der Waals surface area contributed by atoms with Gasteiger partial charge in [0.15, 0.2) is 5.71 Å². The van der Waals surface area contributed by atoms with Crippen LogP contribution in [-0.2, 0) is 10.8 Å². The zero-order valence-electron chi connectivity index (χ0n) is 27.5. The Kier molecular flexibility index (Phi) is 10.9. The minimum atomic E-state index is -0.119. The number of hydrogen-bond acceptors (Lipinski definition) is 3. The highest BCUT2D eigenvalue weighted by molar-refractivity contribution is 6.04. The maximum Gasteiger partial charge on any atom is 0.251 e. The number of amides is 1. The van der Waals surface area contributed by atoms with Crippen molar-refractivity contribution < 1.29 is 33.3 Å². The van der Waals surface area contributed by atoms with E-state index < -0.39 is 0 Å². The highest BCUT2D eigenvalue weighted by Gasteiger charge is 2.43. The summed E-state index contributed by atoms with van der Waals surface area (Å²) in [5.74, 6) is -0.0724. The van der Waals surface area contributed by atoms with Crippen LogP contribution in [0, 0.1) is 0 Å². The molecule has 3 aromatic carbocycles. The zero-order chi connectivity index (χ0) is 31.5. The lowest BCUT2D eigenvalue weighted by molar-refractivity contribution is -0.433. The van der Waals surface area contributed by atoms with Gasteiger partial charge in [0.25, 0.3) is 5.91 Å². The molecular weight excluding hydrogens is 667 g/mol. The van der Waals surface area contributed by atoms with Gasteiger partial charge in [0, 0.05) is 53.2 Å². The van der Waals surface area contributed by atoms with Crippen molar-refractivity contribution in [3.8, 4) is 0 Å². The molecular formula is C39H47IN4O. The lowest BCUT2D eigenvalue weighted by atomic mass is 9.81. The van der Waals surface area contributed by atoms with Crippen LogP contribution in [0.5, 0.6) is 0 Å². The Labute approximate surface area is 286 Å². The maximum absolute atomic E-state index is 12.7. The highest BCUT2D eigenvalue weighted by atomic mass is 127. The van der Waals surface area contributed by atoms with Crippen molar-refractivity contribution in [3.05, 3.63) is 125 Å². The molecule has 0 aromatic heterocycles. The Morgan fingerprint density at radius 2 is 1.53 bits per heavy atom. The molecule has 0 saturated heterocycles. The number of rotatable bonds is 10. The first-order valence-electron chi connectivity index (χ1n) is 16.0. The molecule has 45 heavy (non-hydrogen) atoms. The second-order valence-electron chi connectivity index (χ2n) is 12.6. The Balaban J connectivity index is 0.00000461. The van der Waals surface area contributed by atoms with E-state index in [2.05, 4.69) is 141 Å². The summed E-state index contributed by atoms with van der Waals surface area (Å²) in [6, 6.07) is 25.4. The van der Waals surface area contributed by atoms with Crippen molar-refractivity contribution >= 4 is 28.6 Å². The predicted octanol–water partition coefficient (Wildman–Crippen LogP) is 4.51. The monoisotopic (exact) mass is 714 g/mol. The van der Waals surface area contributed by atoms with Crippen LogP contribution < -0.4 is 39.9 Å². The van der Waals surface area contributed by atoms with E-state index in [0.29, 0.717) is 18.7 Å². The molecule has 0 atom stereocenters. The number of carbonyl (C=O) groups is 1. The van der Waals surface area contributed by atoms with Gasteiger partial charge in [-0.1, -0.05) is 68.5 Å². The van der Waals surface area contributed by atoms with Crippen molar-refractivity contribution in [3.63, 3.8) is 0 Å². The number of carbonyl (C=O) groups excluding carboxylic acids is 1. The molecule has 2 heterocycles. The molecule has 5 rings (SSSR count). The summed E-state index contributed by atoms with van der Waals surface area (Å²) in [7, 11) is 0. The fraction of sp³-hybridized carbons (Fsp3) is 0.333. The van der Waals surface area contributed by atoms with Crippen LogP contribution in [0.4, 0.5) is 11.4 Å². The molecule has 0 unspecified atom stereocenters. The van der Waals surface area contributed by atoms with Crippen molar-refractivity contribution in [2.24, 2.45) is 5.73 Å². The molecule has 5 nitrogen and oxygen atoms in total. The van der Waals surface area contributed by atoms with Crippen molar-refractivity contribution in [2.75, 3.05) is 31.1 Å². The first-order valence-corrected chi connectivity index (χ1v) is 16.0. The maximum atomic E-state index is 12.7. The molecule has 0 saturated carbocycles. The number of halogens is 1. The third kappa shape index (κ3) is 6.59. The molecule has 3 aromatic rings. The first-order chi connectivity index (χ1) is 21.1. The van der Waals surface area contributed by atoms with Gasteiger partial charge in [-0.05, 0) is 87.7 Å². The smallest absolute Gasteiger partial charge is 0.251 e. The first kappa shape index (κ1) is 34.4.